The van der Waals surface area contributed by atoms with Gasteiger partial charge in [0, 0.05) is 27.1 Å². The highest BCUT2D eigenvalue weighted by molar-refractivity contribution is 6.24. The van der Waals surface area contributed by atoms with Crippen LogP contribution in [0.3, 0.4) is 0 Å². The standard InChI is InChI=1S/C51H33N/c1-6-16-34(17-7-1)39-30-45(36-20-10-3-11-21-36)41-26-28-43-49(38-24-14-5-15-25-38)44-29-27-42-46(37-22-12-4-13-23-37)31-40(35-18-8-2-9-19-35)33-48(42)51(44)52-50(43)47(41)32-39/h1-33H. The molecule has 0 unspecified atom stereocenters. The van der Waals surface area contributed by atoms with Gasteiger partial charge >= 0.3 is 0 Å². The second-order valence-corrected chi connectivity index (χ2v) is 13.5. The predicted octanol–water partition coefficient (Wildman–Crippen LogP) is 14.0. The van der Waals surface area contributed by atoms with Crippen molar-refractivity contribution >= 4 is 43.4 Å². The molecule has 0 atom stereocenters. The molecule has 0 fully saturated rings. The van der Waals surface area contributed by atoms with E-state index in [9.17, 15) is 0 Å². The van der Waals surface area contributed by atoms with Gasteiger partial charge in [0.15, 0.2) is 0 Å². The van der Waals surface area contributed by atoms with Gasteiger partial charge < -0.3 is 0 Å². The number of nitrogens with zero attached hydrogens (tertiary/aromatic N) is 1. The quantitative estimate of drug-likeness (QED) is 0.132. The van der Waals surface area contributed by atoms with E-state index in [4.69, 9.17) is 4.98 Å². The molecular formula is C51H33N. The molecule has 0 N–H and O–H groups in total. The van der Waals surface area contributed by atoms with Crippen LogP contribution in [-0.4, -0.2) is 4.98 Å². The highest BCUT2D eigenvalue weighted by Gasteiger charge is 2.19. The summed E-state index contributed by atoms with van der Waals surface area (Å²) in [6.45, 7) is 0. The first-order chi connectivity index (χ1) is 25.8. The highest BCUT2D eigenvalue weighted by Crippen LogP contribution is 2.45. The van der Waals surface area contributed by atoms with Gasteiger partial charge in [0.1, 0.15) is 0 Å². The topological polar surface area (TPSA) is 12.9 Å². The van der Waals surface area contributed by atoms with Gasteiger partial charge in [-0.05, 0) is 85.1 Å². The molecule has 0 bridgehead atoms. The Morgan fingerprint density at radius 1 is 0.231 bits per heavy atom. The summed E-state index contributed by atoms with van der Waals surface area (Å²) in [5, 5.41) is 6.99. The smallest absolute Gasteiger partial charge is 0.0795 e. The number of aromatic nitrogens is 1. The van der Waals surface area contributed by atoms with Crippen LogP contribution in [0.1, 0.15) is 0 Å². The van der Waals surface area contributed by atoms with Crippen LogP contribution in [0, 0.1) is 0 Å². The normalized spacial score (nSPS) is 11.5. The van der Waals surface area contributed by atoms with Crippen molar-refractivity contribution in [2.45, 2.75) is 0 Å². The molecule has 10 rings (SSSR count). The Balaban J connectivity index is 1.39. The van der Waals surface area contributed by atoms with Gasteiger partial charge in [0.05, 0.1) is 11.0 Å². The summed E-state index contributed by atoms with van der Waals surface area (Å²) in [6.07, 6.45) is 0. The minimum atomic E-state index is 1.01. The highest BCUT2D eigenvalue weighted by atomic mass is 14.7. The Bertz CT molecular complexity index is 2720. The number of hydrogen-bond acceptors (Lipinski definition) is 1. The van der Waals surface area contributed by atoms with Crippen LogP contribution in [0.4, 0.5) is 0 Å². The SMILES string of the molecule is c1ccc(-c2cc(-c3ccccc3)c3ccc4c(-c5ccccc5)c5ccc6c(-c7ccccc7)cc(-c7ccccc7)cc6c5nc4c3c2)cc1. The number of fused-ring (bicyclic) bond motifs is 6. The molecule has 0 aliphatic heterocycles. The maximum atomic E-state index is 5.76. The van der Waals surface area contributed by atoms with Crippen molar-refractivity contribution in [3.63, 3.8) is 0 Å². The fraction of sp³-hybridized carbons (Fsp3) is 0. The summed E-state index contributed by atoms with van der Waals surface area (Å²) in [5.74, 6) is 0. The van der Waals surface area contributed by atoms with Crippen molar-refractivity contribution in [1.82, 2.24) is 4.98 Å². The minimum Gasteiger partial charge on any atom is -0.246 e. The molecule has 1 aromatic heterocycles. The fourth-order valence-electron chi connectivity index (χ4n) is 7.96. The molecule has 242 valence electrons. The van der Waals surface area contributed by atoms with Crippen LogP contribution >= 0.6 is 0 Å². The Kier molecular flexibility index (Phi) is 7.22. The number of hydrogen-bond donors (Lipinski definition) is 0. The first kappa shape index (κ1) is 30.0. The van der Waals surface area contributed by atoms with Crippen molar-refractivity contribution in [1.29, 1.82) is 0 Å². The molecule has 0 amide bonds. The van der Waals surface area contributed by atoms with Gasteiger partial charge in [-0.2, -0.15) is 0 Å². The van der Waals surface area contributed by atoms with E-state index in [1.54, 1.807) is 0 Å². The second-order valence-electron chi connectivity index (χ2n) is 13.5. The zero-order valence-electron chi connectivity index (χ0n) is 28.5. The first-order valence-electron chi connectivity index (χ1n) is 17.9. The maximum Gasteiger partial charge on any atom is 0.0795 e. The summed E-state index contributed by atoms with van der Waals surface area (Å²) in [4.78, 5) is 5.76. The van der Waals surface area contributed by atoms with E-state index >= 15 is 0 Å². The second kappa shape index (κ2) is 12.5. The third-order valence-electron chi connectivity index (χ3n) is 10.4. The maximum absolute atomic E-state index is 5.76. The summed E-state index contributed by atoms with van der Waals surface area (Å²) < 4.78 is 0. The molecule has 0 spiro atoms. The van der Waals surface area contributed by atoms with Gasteiger partial charge in [-0.25, -0.2) is 4.98 Å². The molecule has 52 heavy (non-hydrogen) atoms. The van der Waals surface area contributed by atoms with Crippen molar-refractivity contribution < 1.29 is 0 Å². The lowest BCUT2D eigenvalue weighted by Crippen LogP contribution is -1.94. The lowest BCUT2D eigenvalue weighted by Gasteiger charge is -2.18. The van der Waals surface area contributed by atoms with Gasteiger partial charge in [-0.15, -0.1) is 0 Å². The fourth-order valence-corrected chi connectivity index (χ4v) is 7.96. The third kappa shape index (κ3) is 5.06. The van der Waals surface area contributed by atoms with Crippen molar-refractivity contribution in [3.05, 3.63) is 200 Å². The van der Waals surface area contributed by atoms with Gasteiger partial charge in [-0.3, -0.25) is 0 Å². The van der Waals surface area contributed by atoms with Crippen molar-refractivity contribution in [2.75, 3.05) is 0 Å². The number of benzene rings is 9. The summed E-state index contributed by atoms with van der Waals surface area (Å²) in [7, 11) is 0. The summed E-state index contributed by atoms with van der Waals surface area (Å²) in [5.41, 5.74) is 14.0. The summed E-state index contributed by atoms with van der Waals surface area (Å²) in [6, 6.07) is 72.3. The van der Waals surface area contributed by atoms with E-state index in [0.717, 1.165) is 32.6 Å². The third-order valence-corrected chi connectivity index (χ3v) is 10.4. The van der Waals surface area contributed by atoms with Crippen LogP contribution in [0.5, 0.6) is 0 Å². The zero-order valence-corrected chi connectivity index (χ0v) is 28.5. The average molecular weight is 660 g/mol. The lowest BCUT2D eigenvalue weighted by molar-refractivity contribution is 1.52. The molecular weight excluding hydrogens is 627 g/mol. The monoisotopic (exact) mass is 659 g/mol. The average Bonchev–Trinajstić information content (AvgIpc) is 3.23. The molecule has 0 aliphatic rings. The van der Waals surface area contributed by atoms with E-state index in [1.807, 2.05) is 0 Å². The molecule has 1 nitrogen and oxygen atoms in total. The van der Waals surface area contributed by atoms with E-state index in [1.165, 1.54) is 66.4 Å². The van der Waals surface area contributed by atoms with Crippen LogP contribution in [-0.2, 0) is 0 Å². The lowest BCUT2D eigenvalue weighted by atomic mass is 9.87. The van der Waals surface area contributed by atoms with Crippen molar-refractivity contribution in [2.24, 2.45) is 0 Å². The Labute approximate surface area is 303 Å². The first-order valence-corrected chi connectivity index (χ1v) is 17.9. The number of pyridine rings is 1. The minimum absolute atomic E-state index is 1.01. The molecule has 0 aliphatic carbocycles. The Morgan fingerprint density at radius 3 is 0.942 bits per heavy atom. The van der Waals surface area contributed by atoms with Gasteiger partial charge in [0.2, 0.25) is 0 Å². The molecule has 0 saturated carbocycles. The molecule has 10 aromatic rings. The molecule has 1 heterocycles. The van der Waals surface area contributed by atoms with E-state index in [-0.39, 0.29) is 0 Å². The van der Waals surface area contributed by atoms with Crippen LogP contribution in [0.15, 0.2) is 200 Å². The van der Waals surface area contributed by atoms with Gasteiger partial charge in [0.25, 0.3) is 0 Å². The molecule has 0 radical (unpaired) electrons. The largest absolute Gasteiger partial charge is 0.246 e. The molecule has 9 aromatic carbocycles. The summed E-state index contributed by atoms with van der Waals surface area (Å²) >= 11 is 0. The van der Waals surface area contributed by atoms with Crippen LogP contribution < -0.4 is 0 Å². The number of rotatable bonds is 5. The zero-order chi connectivity index (χ0) is 34.4. The van der Waals surface area contributed by atoms with E-state index in [2.05, 4.69) is 200 Å². The van der Waals surface area contributed by atoms with Crippen LogP contribution in [0.25, 0.3) is 99.0 Å². The Morgan fingerprint density at radius 2 is 0.558 bits per heavy atom. The van der Waals surface area contributed by atoms with Gasteiger partial charge in [-0.1, -0.05) is 176 Å². The van der Waals surface area contributed by atoms with E-state index in [0.29, 0.717) is 0 Å². The van der Waals surface area contributed by atoms with E-state index < -0.39 is 0 Å². The predicted molar refractivity (Wildman–Crippen MR) is 221 cm³/mol. The Hall–Kier alpha value is -6.83. The molecule has 1 heteroatoms. The van der Waals surface area contributed by atoms with Crippen LogP contribution in [0.2, 0.25) is 0 Å². The van der Waals surface area contributed by atoms with Crippen molar-refractivity contribution in [3.8, 4) is 55.6 Å². The molecule has 0 saturated heterocycles.